The molecule has 54 heavy (non-hydrogen) atoms. The van der Waals surface area contributed by atoms with Crippen LogP contribution in [0.15, 0.2) is 18.2 Å². The topological polar surface area (TPSA) is 137 Å². The number of ether oxygens (including phenoxy) is 5. The Labute approximate surface area is 321 Å². The van der Waals surface area contributed by atoms with Crippen molar-refractivity contribution in [1.29, 1.82) is 0 Å². The molecule has 2 N–H and O–H groups in total. The molecule has 0 aliphatic carbocycles. The lowest BCUT2D eigenvalue weighted by Crippen LogP contribution is -2.57. The fraction of sp³-hybridized carbons (Fsp3) is 0.514. The summed E-state index contributed by atoms with van der Waals surface area (Å²) in [7, 11) is 4.53. The van der Waals surface area contributed by atoms with Crippen LogP contribution in [0.4, 0.5) is 34.9 Å². The number of hydrogen-bond acceptors (Lipinski definition) is 12. The number of nitrogens with zero attached hydrogens (tertiary/aromatic N) is 4. The number of nitrogens with one attached hydrogen (secondary N) is 2. The zero-order valence-electron chi connectivity index (χ0n) is 31.7. The molecule has 13 nitrogen and oxygen atoms in total. The number of aromatic nitrogens is 2. The first-order valence-electron chi connectivity index (χ1n) is 17.5. The van der Waals surface area contributed by atoms with Gasteiger partial charge in [0, 0.05) is 50.7 Å². The lowest BCUT2D eigenvalue weighted by atomic mass is 9.98. The van der Waals surface area contributed by atoms with Crippen molar-refractivity contribution in [1.82, 2.24) is 14.9 Å². The molecule has 17 heteroatoms. The Morgan fingerprint density at radius 3 is 2.26 bits per heavy atom. The van der Waals surface area contributed by atoms with E-state index >= 15 is 8.78 Å². The molecule has 2 unspecified atom stereocenters. The molecule has 0 spiro atoms. The van der Waals surface area contributed by atoms with Crippen molar-refractivity contribution in [3.63, 3.8) is 0 Å². The van der Waals surface area contributed by atoms with Crippen LogP contribution in [0.1, 0.15) is 54.4 Å². The Kier molecular flexibility index (Phi) is 11.0. The molecule has 2 aliphatic heterocycles. The Balaban J connectivity index is 1.47. The van der Waals surface area contributed by atoms with E-state index in [9.17, 15) is 9.59 Å². The molecule has 4 heterocycles. The minimum absolute atomic E-state index is 0.0236. The second kappa shape index (κ2) is 15.1. The number of amides is 2. The zero-order chi connectivity index (χ0) is 39.3. The van der Waals surface area contributed by atoms with Crippen LogP contribution in [0.5, 0.6) is 6.01 Å². The summed E-state index contributed by atoms with van der Waals surface area (Å²) < 4.78 is 60.5. The first-order chi connectivity index (χ1) is 25.4. The number of carbonyl (C=O) groups is 2. The van der Waals surface area contributed by atoms with Gasteiger partial charge in [-0.15, -0.1) is 11.3 Å². The fourth-order valence-corrected chi connectivity index (χ4v) is 8.30. The maximum Gasteiger partial charge on any atom is 0.412 e. The summed E-state index contributed by atoms with van der Waals surface area (Å²) in [5.41, 5.74) is -0.944. The van der Waals surface area contributed by atoms with E-state index < -0.39 is 35.2 Å². The Morgan fingerprint density at radius 1 is 1.02 bits per heavy atom. The van der Waals surface area contributed by atoms with Crippen LogP contribution in [-0.4, -0.2) is 97.6 Å². The zero-order valence-corrected chi connectivity index (χ0v) is 33.3. The number of rotatable bonds is 9. The number of anilines is 3. The molecule has 0 saturated carbocycles. The number of benzene rings is 2. The summed E-state index contributed by atoms with van der Waals surface area (Å²) in [5.74, 6) is -0.996. The minimum atomic E-state index is -0.792. The quantitative estimate of drug-likeness (QED) is 0.158. The second-order valence-electron chi connectivity index (χ2n) is 15.1. The van der Waals surface area contributed by atoms with E-state index in [1.165, 1.54) is 26.4 Å². The van der Waals surface area contributed by atoms with Gasteiger partial charge in [-0.2, -0.15) is 9.97 Å². The summed E-state index contributed by atoms with van der Waals surface area (Å²) >= 11 is 7.96. The molecule has 2 aromatic carbocycles. The number of fused-ring (bicyclic) bond motifs is 4. The van der Waals surface area contributed by atoms with E-state index in [1.54, 1.807) is 38.8 Å². The third-order valence-electron chi connectivity index (χ3n) is 9.03. The highest BCUT2D eigenvalue weighted by atomic mass is 35.5. The van der Waals surface area contributed by atoms with Gasteiger partial charge < -0.3 is 33.9 Å². The predicted molar refractivity (Wildman–Crippen MR) is 205 cm³/mol. The van der Waals surface area contributed by atoms with Gasteiger partial charge in [0.05, 0.1) is 27.5 Å². The number of methoxy groups -OCH3 is 2. The molecule has 2 fully saturated rings. The van der Waals surface area contributed by atoms with Crippen LogP contribution in [0.25, 0.3) is 32.1 Å². The average Bonchev–Trinajstić information content (AvgIpc) is 3.58. The minimum Gasteiger partial charge on any atom is -0.458 e. The maximum atomic E-state index is 17.3. The first kappa shape index (κ1) is 39.4. The standard InChI is InChI=1S/C37H45ClF2N6O7S/c1-36(2,3)52-34(47)44-32-29(41-7)26-20(12-13-23(39)30(26)54-32)25-22(38)14-21-28(27(25)40)42-33(51-17-24(49-8)50-9)43-31(21)45-15-18-10-11-19(16-45)46(18)35(48)53-37(4,5)6/h12-14,18-19,24,41H,10-11,15-17H2,1-9H3,(H,44,47). The average molecular weight is 791 g/mol. The third kappa shape index (κ3) is 7.93. The molecular formula is C37H45ClF2N6O7S. The summed E-state index contributed by atoms with van der Waals surface area (Å²) in [5, 5.41) is 6.65. The predicted octanol–water partition coefficient (Wildman–Crippen LogP) is 8.42. The first-order valence-corrected chi connectivity index (χ1v) is 18.7. The Morgan fingerprint density at radius 2 is 1.67 bits per heavy atom. The van der Waals surface area contributed by atoms with Gasteiger partial charge in [0.2, 0.25) is 0 Å². The van der Waals surface area contributed by atoms with Gasteiger partial charge in [0.25, 0.3) is 0 Å². The molecule has 2 amide bonds. The molecule has 2 bridgehead atoms. The molecular weight excluding hydrogens is 746 g/mol. The number of carbonyl (C=O) groups excluding carboxylic acids is 2. The normalized spacial score (nSPS) is 17.4. The van der Waals surface area contributed by atoms with Crippen LogP contribution in [0.3, 0.4) is 0 Å². The van der Waals surface area contributed by atoms with Gasteiger partial charge >= 0.3 is 18.2 Å². The smallest absolute Gasteiger partial charge is 0.412 e. The van der Waals surface area contributed by atoms with Gasteiger partial charge in [-0.25, -0.2) is 18.4 Å². The maximum absolute atomic E-state index is 17.3. The van der Waals surface area contributed by atoms with Crippen LogP contribution in [-0.2, 0) is 18.9 Å². The van der Waals surface area contributed by atoms with E-state index in [0.29, 0.717) is 35.4 Å². The van der Waals surface area contributed by atoms with Crippen molar-refractivity contribution in [2.45, 2.75) is 84.0 Å². The highest BCUT2D eigenvalue weighted by molar-refractivity contribution is 7.24. The van der Waals surface area contributed by atoms with Gasteiger partial charge in [-0.3, -0.25) is 10.2 Å². The van der Waals surface area contributed by atoms with Crippen LogP contribution in [0.2, 0.25) is 5.02 Å². The van der Waals surface area contributed by atoms with Crippen molar-refractivity contribution in [3.8, 4) is 17.1 Å². The molecule has 4 aromatic rings. The van der Waals surface area contributed by atoms with Crippen LogP contribution in [0, 0.1) is 11.6 Å². The summed E-state index contributed by atoms with van der Waals surface area (Å²) in [6.45, 7) is 11.4. The van der Waals surface area contributed by atoms with E-state index in [-0.39, 0.29) is 62.2 Å². The van der Waals surface area contributed by atoms with Crippen molar-refractivity contribution >= 4 is 72.6 Å². The molecule has 292 valence electrons. The van der Waals surface area contributed by atoms with Crippen LogP contribution < -0.4 is 20.3 Å². The molecule has 2 aromatic heterocycles. The lowest BCUT2D eigenvalue weighted by Gasteiger charge is -2.42. The molecule has 2 atom stereocenters. The number of thiophene rings is 1. The molecule has 2 saturated heterocycles. The van der Waals surface area contributed by atoms with Crippen molar-refractivity contribution in [2.75, 3.05) is 56.5 Å². The summed E-state index contributed by atoms with van der Waals surface area (Å²) in [6, 6.07) is 3.77. The second-order valence-corrected chi connectivity index (χ2v) is 16.6. The van der Waals surface area contributed by atoms with Gasteiger partial charge in [0.1, 0.15) is 40.0 Å². The molecule has 2 aliphatic rings. The highest BCUT2D eigenvalue weighted by Crippen LogP contribution is 2.49. The highest BCUT2D eigenvalue weighted by Gasteiger charge is 2.45. The largest absolute Gasteiger partial charge is 0.458 e. The van der Waals surface area contributed by atoms with Crippen molar-refractivity contribution in [2.24, 2.45) is 0 Å². The Bertz CT molecular complexity index is 2070. The van der Waals surface area contributed by atoms with Gasteiger partial charge in [-0.1, -0.05) is 17.7 Å². The monoisotopic (exact) mass is 790 g/mol. The third-order valence-corrected chi connectivity index (χ3v) is 10.4. The number of halogens is 3. The van der Waals surface area contributed by atoms with E-state index in [0.717, 1.165) is 24.2 Å². The SMILES string of the molecule is CNc1c(NC(=O)OC(C)(C)C)sc2c(F)ccc(-c3c(Cl)cc4c(N5CC6CCC(C5)N6C(=O)OC(C)(C)C)nc(OCC(OC)OC)nc4c3F)c12. The number of hydrogen-bond donors (Lipinski definition) is 2. The molecule has 0 radical (unpaired) electrons. The van der Waals surface area contributed by atoms with E-state index in [4.69, 9.17) is 40.3 Å². The van der Waals surface area contributed by atoms with E-state index in [1.807, 2.05) is 25.7 Å². The van der Waals surface area contributed by atoms with Gasteiger partial charge in [0.15, 0.2) is 12.1 Å². The van der Waals surface area contributed by atoms with Gasteiger partial charge in [-0.05, 0) is 72.1 Å². The summed E-state index contributed by atoms with van der Waals surface area (Å²) in [6.07, 6.45) is -0.339. The summed E-state index contributed by atoms with van der Waals surface area (Å²) in [4.78, 5) is 39.0. The fourth-order valence-electron chi connectivity index (χ4n) is 6.88. The van der Waals surface area contributed by atoms with Crippen molar-refractivity contribution < 1.29 is 42.1 Å². The van der Waals surface area contributed by atoms with E-state index in [2.05, 4.69) is 15.6 Å². The lowest BCUT2D eigenvalue weighted by molar-refractivity contribution is -0.123. The van der Waals surface area contributed by atoms with Crippen LogP contribution >= 0.6 is 22.9 Å². The Hall–Kier alpha value is -4.25. The number of piperazine rings is 1. The molecule has 6 rings (SSSR count). The van der Waals surface area contributed by atoms with Crippen molar-refractivity contribution in [3.05, 3.63) is 34.9 Å².